The van der Waals surface area contributed by atoms with E-state index in [9.17, 15) is 0 Å². The summed E-state index contributed by atoms with van der Waals surface area (Å²) in [4.78, 5) is 0. The third-order valence-electron chi connectivity index (χ3n) is 4.41. The van der Waals surface area contributed by atoms with Crippen molar-refractivity contribution in [3.8, 4) is 0 Å². The van der Waals surface area contributed by atoms with Crippen molar-refractivity contribution in [1.82, 2.24) is 9.78 Å². The molecule has 1 saturated carbocycles. The van der Waals surface area contributed by atoms with E-state index in [-0.39, 0.29) is 0 Å². The Bertz CT molecular complexity index is 345. The van der Waals surface area contributed by atoms with E-state index >= 15 is 0 Å². The monoisotopic (exact) mass is 235 g/mol. The van der Waals surface area contributed by atoms with Gasteiger partial charge in [-0.1, -0.05) is 19.8 Å². The summed E-state index contributed by atoms with van der Waals surface area (Å²) in [5.41, 5.74) is 7.35. The Morgan fingerprint density at radius 1 is 1.41 bits per heavy atom. The molecule has 1 fully saturated rings. The van der Waals surface area contributed by atoms with Crippen LogP contribution in [0.5, 0.6) is 0 Å². The topological polar surface area (TPSA) is 43.8 Å². The van der Waals surface area contributed by atoms with E-state index < -0.39 is 0 Å². The molecule has 0 amide bonds. The highest BCUT2D eigenvalue weighted by Gasteiger charge is 2.31. The summed E-state index contributed by atoms with van der Waals surface area (Å²) >= 11 is 0. The van der Waals surface area contributed by atoms with Gasteiger partial charge in [-0.05, 0) is 44.2 Å². The molecule has 17 heavy (non-hydrogen) atoms. The van der Waals surface area contributed by atoms with E-state index in [1.54, 1.807) is 0 Å². The van der Waals surface area contributed by atoms with Crippen molar-refractivity contribution in [3.05, 3.63) is 18.0 Å². The first-order valence-corrected chi connectivity index (χ1v) is 7.01. The van der Waals surface area contributed by atoms with Crippen LogP contribution in [0.1, 0.15) is 51.1 Å². The van der Waals surface area contributed by atoms with Crippen molar-refractivity contribution in [3.63, 3.8) is 0 Å². The number of hydrogen-bond acceptors (Lipinski definition) is 2. The van der Waals surface area contributed by atoms with Gasteiger partial charge < -0.3 is 5.73 Å². The number of hydrogen-bond donors (Lipinski definition) is 1. The summed E-state index contributed by atoms with van der Waals surface area (Å²) in [6.45, 7) is 6.25. The highest BCUT2D eigenvalue weighted by molar-refractivity contribution is 5.11. The van der Waals surface area contributed by atoms with Crippen molar-refractivity contribution in [2.24, 2.45) is 17.6 Å². The van der Waals surface area contributed by atoms with Gasteiger partial charge in [0.05, 0.1) is 0 Å². The average Bonchev–Trinajstić information content (AvgIpc) is 2.86. The zero-order valence-electron chi connectivity index (χ0n) is 11.1. The Kier molecular flexibility index (Phi) is 4.21. The molecule has 0 aliphatic heterocycles. The zero-order valence-corrected chi connectivity index (χ0v) is 11.1. The van der Waals surface area contributed by atoms with Crippen LogP contribution in [0, 0.1) is 11.8 Å². The predicted octanol–water partition coefficient (Wildman–Crippen LogP) is 2.77. The largest absolute Gasteiger partial charge is 0.330 e. The molecule has 1 aliphatic carbocycles. The van der Waals surface area contributed by atoms with E-state index in [2.05, 4.69) is 29.7 Å². The molecule has 0 radical (unpaired) electrons. The Hall–Kier alpha value is -0.830. The number of rotatable bonds is 4. The average molecular weight is 235 g/mol. The molecule has 2 N–H and O–H groups in total. The normalized spacial score (nSPS) is 29.5. The lowest BCUT2D eigenvalue weighted by atomic mass is 9.72. The highest BCUT2D eigenvalue weighted by atomic mass is 15.3. The molecule has 3 heteroatoms. The molecule has 0 aromatic carbocycles. The number of aromatic nitrogens is 2. The molecule has 2 rings (SSSR count). The summed E-state index contributed by atoms with van der Waals surface area (Å²) < 4.78 is 2.14. The second-order valence-electron chi connectivity index (χ2n) is 5.26. The van der Waals surface area contributed by atoms with Gasteiger partial charge in [-0.2, -0.15) is 5.10 Å². The van der Waals surface area contributed by atoms with Gasteiger partial charge in [0.2, 0.25) is 0 Å². The van der Waals surface area contributed by atoms with Gasteiger partial charge in [-0.25, -0.2) is 0 Å². The first kappa shape index (κ1) is 12.6. The van der Waals surface area contributed by atoms with E-state index in [0.29, 0.717) is 11.8 Å². The van der Waals surface area contributed by atoms with E-state index in [4.69, 9.17) is 5.73 Å². The molecule has 0 bridgehead atoms. The van der Waals surface area contributed by atoms with Crippen LogP contribution >= 0.6 is 0 Å². The van der Waals surface area contributed by atoms with Gasteiger partial charge in [-0.15, -0.1) is 0 Å². The molecule has 1 aromatic rings. The second kappa shape index (κ2) is 5.67. The van der Waals surface area contributed by atoms with Crippen LogP contribution in [0.3, 0.4) is 0 Å². The fourth-order valence-electron chi connectivity index (χ4n) is 3.26. The summed E-state index contributed by atoms with van der Waals surface area (Å²) in [5, 5.41) is 4.41. The quantitative estimate of drug-likeness (QED) is 0.872. The summed E-state index contributed by atoms with van der Waals surface area (Å²) in [6, 6.07) is 2.19. The molecule has 3 atom stereocenters. The Balaban J connectivity index is 2.20. The van der Waals surface area contributed by atoms with Gasteiger partial charge in [0.15, 0.2) is 0 Å². The molecule has 1 aromatic heterocycles. The minimum atomic E-state index is 0.626. The number of aryl methyl sites for hydroxylation is 1. The van der Waals surface area contributed by atoms with Crippen LogP contribution < -0.4 is 5.73 Å². The molecule has 1 heterocycles. The predicted molar refractivity (Wildman–Crippen MR) is 70.8 cm³/mol. The standard InChI is InChI=1S/C14H25N3/c1-3-11-5-6-12(10-15)13(9-11)14-7-8-16-17(14)4-2/h7-8,11-13H,3-6,9-10,15H2,1-2H3. The molecule has 3 unspecified atom stereocenters. The number of nitrogens with zero attached hydrogens (tertiary/aromatic N) is 2. The number of nitrogens with two attached hydrogens (primary N) is 1. The van der Waals surface area contributed by atoms with Crippen molar-refractivity contribution in [1.29, 1.82) is 0 Å². The van der Waals surface area contributed by atoms with Crippen molar-refractivity contribution in [2.45, 2.75) is 52.0 Å². The minimum absolute atomic E-state index is 0.626. The van der Waals surface area contributed by atoms with E-state index in [1.165, 1.54) is 31.4 Å². The summed E-state index contributed by atoms with van der Waals surface area (Å²) in [7, 11) is 0. The fourth-order valence-corrected chi connectivity index (χ4v) is 3.26. The van der Waals surface area contributed by atoms with E-state index in [1.807, 2.05) is 6.20 Å². The highest BCUT2D eigenvalue weighted by Crippen LogP contribution is 2.41. The molecular weight excluding hydrogens is 210 g/mol. The first-order valence-electron chi connectivity index (χ1n) is 7.01. The smallest absolute Gasteiger partial charge is 0.0492 e. The maximum atomic E-state index is 5.95. The van der Waals surface area contributed by atoms with Crippen LogP contribution in [0.2, 0.25) is 0 Å². The van der Waals surface area contributed by atoms with Crippen molar-refractivity contribution >= 4 is 0 Å². The van der Waals surface area contributed by atoms with Crippen LogP contribution in [-0.4, -0.2) is 16.3 Å². The van der Waals surface area contributed by atoms with Crippen molar-refractivity contribution < 1.29 is 0 Å². The SMILES string of the molecule is CCC1CCC(CN)C(c2ccnn2CC)C1. The lowest BCUT2D eigenvalue weighted by molar-refractivity contribution is 0.227. The Morgan fingerprint density at radius 2 is 2.24 bits per heavy atom. The molecule has 3 nitrogen and oxygen atoms in total. The van der Waals surface area contributed by atoms with Gasteiger partial charge in [0.1, 0.15) is 0 Å². The van der Waals surface area contributed by atoms with Crippen LogP contribution in [-0.2, 0) is 6.54 Å². The first-order chi connectivity index (χ1) is 8.30. The van der Waals surface area contributed by atoms with Gasteiger partial charge in [-0.3, -0.25) is 4.68 Å². The van der Waals surface area contributed by atoms with Gasteiger partial charge in [0, 0.05) is 24.4 Å². The maximum absolute atomic E-state index is 5.95. The van der Waals surface area contributed by atoms with Gasteiger partial charge in [0.25, 0.3) is 0 Å². The molecule has 1 aliphatic rings. The maximum Gasteiger partial charge on any atom is 0.0492 e. The molecular formula is C14H25N3. The van der Waals surface area contributed by atoms with Gasteiger partial charge >= 0.3 is 0 Å². The Labute approximate surface area is 104 Å². The van der Waals surface area contributed by atoms with Crippen LogP contribution in [0.4, 0.5) is 0 Å². The summed E-state index contributed by atoms with van der Waals surface area (Å²) in [5.74, 6) is 2.16. The third-order valence-corrected chi connectivity index (χ3v) is 4.41. The Morgan fingerprint density at radius 3 is 2.88 bits per heavy atom. The lowest BCUT2D eigenvalue weighted by Gasteiger charge is -2.35. The fraction of sp³-hybridized carbons (Fsp3) is 0.786. The second-order valence-corrected chi connectivity index (χ2v) is 5.26. The summed E-state index contributed by atoms with van der Waals surface area (Å²) in [6.07, 6.45) is 7.17. The zero-order chi connectivity index (χ0) is 12.3. The lowest BCUT2D eigenvalue weighted by Crippen LogP contribution is -2.30. The minimum Gasteiger partial charge on any atom is -0.330 e. The van der Waals surface area contributed by atoms with Crippen molar-refractivity contribution in [2.75, 3.05) is 6.54 Å². The van der Waals surface area contributed by atoms with Crippen LogP contribution in [0.15, 0.2) is 12.3 Å². The molecule has 96 valence electrons. The third kappa shape index (κ3) is 2.54. The van der Waals surface area contributed by atoms with E-state index in [0.717, 1.165) is 19.0 Å². The molecule has 0 spiro atoms. The van der Waals surface area contributed by atoms with Crippen LogP contribution in [0.25, 0.3) is 0 Å². The molecule has 0 saturated heterocycles.